The molecule has 1 amide bonds. The van der Waals surface area contributed by atoms with Gasteiger partial charge in [-0.1, -0.05) is 5.16 Å². The summed E-state index contributed by atoms with van der Waals surface area (Å²) in [6.45, 7) is 5.28. The van der Waals surface area contributed by atoms with Crippen LogP contribution in [0.4, 0.5) is 0 Å². The third-order valence-corrected chi connectivity index (χ3v) is 7.27. The average Bonchev–Trinajstić information content (AvgIpc) is 3.18. The van der Waals surface area contributed by atoms with Crippen LogP contribution in [-0.4, -0.2) is 67.7 Å². The van der Waals surface area contributed by atoms with Crippen molar-refractivity contribution >= 4 is 28.3 Å². The summed E-state index contributed by atoms with van der Waals surface area (Å²) in [7, 11) is -3.74. The second-order valence-corrected chi connectivity index (χ2v) is 8.96. The molecule has 0 radical (unpaired) electrons. The smallest absolute Gasteiger partial charge is 0.248 e. The van der Waals surface area contributed by atoms with Gasteiger partial charge in [0, 0.05) is 38.6 Å². The first-order chi connectivity index (χ1) is 12.3. The summed E-state index contributed by atoms with van der Waals surface area (Å²) in [6.07, 6.45) is 0.803. The fraction of sp³-hybridized carbons (Fsp3) is 0.750. The van der Waals surface area contributed by atoms with E-state index in [1.54, 1.807) is 13.8 Å². The minimum absolute atomic E-state index is 0. The second kappa shape index (κ2) is 8.87. The van der Waals surface area contributed by atoms with E-state index in [1.165, 1.54) is 4.31 Å². The number of carbonyl (C=O) groups excluding carboxylic acids is 1. The molecule has 0 aliphatic carbocycles. The van der Waals surface area contributed by atoms with Crippen LogP contribution in [0.1, 0.15) is 24.3 Å². The zero-order valence-electron chi connectivity index (χ0n) is 15.5. The molecule has 2 saturated heterocycles. The molecule has 3 unspecified atom stereocenters. The van der Waals surface area contributed by atoms with E-state index in [0.29, 0.717) is 44.7 Å². The van der Waals surface area contributed by atoms with Gasteiger partial charge in [-0.05, 0) is 26.7 Å². The van der Waals surface area contributed by atoms with E-state index in [2.05, 4.69) is 15.8 Å². The van der Waals surface area contributed by atoms with Crippen molar-refractivity contribution in [1.82, 2.24) is 20.1 Å². The highest BCUT2D eigenvalue weighted by Crippen LogP contribution is 2.27. The number of piperidine rings is 1. The molecule has 1 aromatic rings. The first kappa shape index (κ1) is 22.1. The Morgan fingerprint density at radius 3 is 2.74 bits per heavy atom. The van der Waals surface area contributed by atoms with Crippen molar-refractivity contribution in [2.45, 2.75) is 37.7 Å². The van der Waals surface area contributed by atoms with Gasteiger partial charge in [0.25, 0.3) is 0 Å². The first-order valence-electron chi connectivity index (χ1n) is 8.90. The maximum atomic E-state index is 12.9. The van der Waals surface area contributed by atoms with Crippen LogP contribution in [0.25, 0.3) is 0 Å². The zero-order valence-corrected chi connectivity index (χ0v) is 17.1. The number of nitrogens with zero attached hydrogens (tertiary/aromatic N) is 2. The predicted octanol–water partition coefficient (Wildman–Crippen LogP) is -0.190. The number of sulfonamides is 1. The van der Waals surface area contributed by atoms with E-state index in [9.17, 15) is 18.3 Å². The molecule has 3 rings (SSSR count). The first-order valence-corrected chi connectivity index (χ1v) is 10.3. The fourth-order valence-corrected chi connectivity index (χ4v) is 5.47. The lowest BCUT2D eigenvalue weighted by molar-refractivity contribution is -0.126. The van der Waals surface area contributed by atoms with Gasteiger partial charge in [-0.25, -0.2) is 8.42 Å². The Morgan fingerprint density at radius 1 is 1.41 bits per heavy atom. The highest BCUT2D eigenvalue weighted by molar-refractivity contribution is 7.89. The molecular formula is C16H27ClN4O5S. The summed E-state index contributed by atoms with van der Waals surface area (Å²) >= 11 is 0. The molecule has 9 nitrogen and oxygen atoms in total. The number of hydrogen-bond donors (Lipinski definition) is 3. The summed E-state index contributed by atoms with van der Waals surface area (Å²) in [5, 5.41) is 19.5. The minimum Gasteiger partial charge on any atom is -0.391 e. The molecule has 0 bridgehead atoms. The number of aliphatic hydroxyl groups is 1. The number of rotatable bonds is 5. The van der Waals surface area contributed by atoms with Gasteiger partial charge < -0.3 is 20.3 Å². The molecule has 0 saturated carbocycles. The van der Waals surface area contributed by atoms with Gasteiger partial charge in [0.2, 0.25) is 15.9 Å². The van der Waals surface area contributed by atoms with Gasteiger partial charge in [-0.2, -0.15) is 4.31 Å². The van der Waals surface area contributed by atoms with Crippen LogP contribution in [0.2, 0.25) is 0 Å². The maximum absolute atomic E-state index is 12.9. The Morgan fingerprint density at radius 2 is 2.15 bits per heavy atom. The van der Waals surface area contributed by atoms with Crippen LogP contribution in [0.5, 0.6) is 0 Å². The summed E-state index contributed by atoms with van der Waals surface area (Å²) in [4.78, 5) is 12.6. The zero-order chi connectivity index (χ0) is 18.9. The van der Waals surface area contributed by atoms with Crippen molar-refractivity contribution in [3.63, 3.8) is 0 Å². The molecule has 154 valence electrons. The van der Waals surface area contributed by atoms with Gasteiger partial charge in [0.1, 0.15) is 10.6 Å². The minimum atomic E-state index is -3.74. The molecular weight excluding hydrogens is 396 g/mol. The molecule has 27 heavy (non-hydrogen) atoms. The van der Waals surface area contributed by atoms with Crippen LogP contribution < -0.4 is 10.6 Å². The Kier molecular flexibility index (Phi) is 7.26. The topological polar surface area (TPSA) is 125 Å². The molecule has 0 spiro atoms. The molecule has 3 atom stereocenters. The van der Waals surface area contributed by atoms with Gasteiger partial charge in [0.15, 0.2) is 5.76 Å². The Labute approximate surface area is 165 Å². The number of aromatic nitrogens is 1. The number of nitrogens with one attached hydrogen (secondary N) is 2. The van der Waals surface area contributed by atoms with E-state index in [-0.39, 0.29) is 41.4 Å². The van der Waals surface area contributed by atoms with Crippen LogP contribution in [0, 0.1) is 25.7 Å². The molecule has 3 N–H and O–H groups in total. The normalized spacial score (nSPS) is 26.6. The quantitative estimate of drug-likeness (QED) is 0.600. The Bertz CT molecular complexity index is 749. The maximum Gasteiger partial charge on any atom is 0.248 e. The standard InChI is InChI=1S/C16H26N4O5S.ClH/c1-10-15(11(2)25-19-10)26(23,24)20-5-3-4-12(9-20)16(22)18-7-13-6-17-8-14(13)21;/h12-14,17,21H,3-9H2,1-2H3,(H,18,22);1H. The van der Waals surface area contributed by atoms with Gasteiger partial charge >= 0.3 is 0 Å². The van der Waals surface area contributed by atoms with Crippen LogP contribution in [0.3, 0.4) is 0 Å². The monoisotopic (exact) mass is 422 g/mol. The fourth-order valence-electron chi connectivity index (χ4n) is 3.65. The highest BCUT2D eigenvalue weighted by Gasteiger charge is 2.36. The van der Waals surface area contributed by atoms with Gasteiger partial charge in [0.05, 0.1) is 12.0 Å². The number of aliphatic hydroxyl groups excluding tert-OH is 1. The lowest BCUT2D eigenvalue weighted by atomic mass is 9.98. The Hall–Kier alpha value is -1.20. The van der Waals surface area contributed by atoms with Crippen molar-refractivity contribution in [2.75, 3.05) is 32.7 Å². The molecule has 0 aromatic carbocycles. The molecule has 11 heteroatoms. The number of halogens is 1. The van der Waals surface area contributed by atoms with Crippen molar-refractivity contribution in [3.8, 4) is 0 Å². The summed E-state index contributed by atoms with van der Waals surface area (Å²) in [5.74, 6) is -0.310. The van der Waals surface area contributed by atoms with E-state index in [1.807, 2.05) is 0 Å². The third kappa shape index (κ3) is 4.62. The van der Waals surface area contributed by atoms with Crippen LogP contribution in [-0.2, 0) is 14.8 Å². The van der Waals surface area contributed by atoms with Crippen LogP contribution in [0.15, 0.2) is 9.42 Å². The molecule has 3 heterocycles. The second-order valence-electron chi connectivity index (χ2n) is 7.09. The number of amides is 1. The van der Waals surface area contributed by atoms with Crippen molar-refractivity contribution in [1.29, 1.82) is 0 Å². The lowest BCUT2D eigenvalue weighted by Crippen LogP contribution is -2.46. The summed E-state index contributed by atoms with van der Waals surface area (Å²) in [5.41, 5.74) is 0.330. The molecule has 1 aromatic heterocycles. The Balaban J connectivity index is 0.00000261. The largest absolute Gasteiger partial charge is 0.391 e. The van der Waals surface area contributed by atoms with E-state index < -0.39 is 22.0 Å². The summed E-state index contributed by atoms with van der Waals surface area (Å²) in [6, 6.07) is 0. The van der Waals surface area contributed by atoms with Gasteiger partial charge in [-0.3, -0.25) is 4.79 Å². The number of hydrogen-bond acceptors (Lipinski definition) is 7. The van der Waals surface area contributed by atoms with E-state index in [4.69, 9.17) is 4.52 Å². The van der Waals surface area contributed by atoms with Crippen molar-refractivity contribution in [2.24, 2.45) is 11.8 Å². The number of aryl methyl sites for hydroxylation is 2. The SMILES string of the molecule is Cc1noc(C)c1S(=O)(=O)N1CCCC(C(=O)NCC2CNCC2O)C1.Cl. The van der Waals surface area contributed by atoms with Crippen molar-refractivity contribution in [3.05, 3.63) is 11.5 Å². The lowest BCUT2D eigenvalue weighted by Gasteiger charge is -2.31. The number of carbonyl (C=O) groups is 1. The average molecular weight is 423 g/mol. The van der Waals surface area contributed by atoms with Crippen LogP contribution >= 0.6 is 12.4 Å². The highest BCUT2D eigenvalue weighted by atomic mass is 35.5. The molecule has 2 aliphatic heterocycles. The van der Waals surface area contributed by atoms with E-state index >= 15 is 0 Å². The van der Waals surface area contributed by atoms with E-state index in [0.717, 1.165) is 0 Å². The number of β-amino-alcohol motifs (C(OH)–C–C–N with tert-alkyl or cyclic N) is 1. The van der Waals surface area contributed by atoms with Crippen molar-refractivity contribution < 1.29 is 22.8 Å². The third-order valence-electron chi connectivity index (χ3n) is 5.16. The summed E-state index contributed by atoms with van der Waals surface area (Å²) < 4.78 is 32.2. The predicted molar refractivity (Wildman–Crippen MR) is 100 cm³/mol. The molecule has 2 aliphatic rings. The van der Waals surface area contributed by atoms with Gasteiger partial charge in [-0.15, -0.1) is 12.4 Å². The molecule has 2 fully saturated rings.